The fraction of sp³-hybridized carbons (Fsp3) is 0.316. The van der Waals surface area contributed by atoms with Crippen LogP contribution in [0.4, 0.5) is 4.39 Å². The zero-order valence-electron chi connectivity index (χ0n) is 14.8. The summed E-state index contributed by atoms with van der Waals surface area (Å²) in [5, 5.41) is 0.169. The largest absolute Gasteiger partial charge is 0.457 e. The summed E-state index contributed by atoms with van der Waals surface area (Å²) in [5.74, 6) is -1.46. The second kappa shape index (κ2) is 8.78. The molecule has 1 aliphatic heterocycles. The Kier molecular flexibility index (Phi) is 6.60. The molecular formula is C19H18Cl2FNO4S. The van der Waals surface area contributed by atoms with E-state index in [-0.39, 0.29) is 26.1 Å². The van der Waals surface area contributed by atoms with Gasteiger partial charge in [-0.25, -0.2) is 17.6 Å². The molecule has 0 bridgehead atoms. The minimum atomic E-state index is -3.73. The molecule has 0 aromatic heterocycles. The highest BCUT2D eigenvalue weighted by Crippen LogP contribution is 2.26. The van der Waals surface area contributed by atoms with Gasteiger partial charge in [-0.15, -0.1) is 0 Å². The summed E-state index contributed by atoms with van der Waals surface area (Å²) in [7, 11) is -3.73. The summed E-state index contributed by atoms with van der Waals surface area (Å²) in [4.78, 5) is 12.4. The van der Waals surface area contributed by atoms with E-state index in [1.807, 2.05) is 0 Å². The molecule has 9 heteroatoms. The van der Waals surface area contributed by atoms with E-state index in [9.17, 15) is 17.6 Å². The maximum absolute atomic E-state index is 13.8. The molecule has 28 heavy (non-hydrogen) atoms. The lowest BCUT2D eigenvalue weighted by atomic mass is 10.2. The van der Waals surface area contributed by atoms with Crippen LogP contribution in [0.3, 0.4) is 0 Å². The zero-order valence-corrected chi connectivity index (χ0v) is 17.2. The van der Waals surface area contributed by atoms with Crippen molar-refractivity contribution in [1.29, 1.82) is 0 Å². The number of ether oxygens (including phenoxy) is 1. The van der Waals surface area contributed by atoms with E-state index in [1.54, 1.807) is 0 Å². The van der Waals surface area contributed by atoms with Crippen molar-refractivity contribution in [3.05, 3.63) is 63.4 Å². The molecule has 2 aromatic carbocycles. The number of hydrogen-bond acceptors (Lipinski definition) is 4. The van der Waals surface area contributed by atoms with Crippen molar-refractivity contribution in [3.8, 4) is 0 Å². The lowest BCUT2D eigenvalue weighted by Crippen LogP contribution is -2.35. The van der Waals surface area contributed by atoms with Crippen LogP contribution in [0.2, 0.25) is 10.0 Å². The minimum Gasteiger partial charge on any atom is -0.457 e. The number of carbonyl (C=O) groups is 1. The quantitative estimate of drug-likeness (QED) is 0.627. The molecule has 2 aromatic rings. The predicted molar refractivity (Wildman–Crippen MR) is 105 cm³/mol. The lowest BCUT2D eigenvalue weighted by Gasteiger charge is -2.26. The van der Waals surface area contributed by atoms with Crippen molar-refractivity contribution in [1.82, 2.24) is 4.31 Å². The summed E-state index contributed by atoms with van der Waals surface area (Å²) in [6, 6.07) is 8.01. The van der Waals surface area contributed by atoms with Gasteiger partial charge in [0.1, 0.15) is 12.4 Å². The van der Waals surface area contributed by atoms with E-state index in [4.69, 9.17) is 27.9 Å². The van der Waals surface area contributed by atoms with E-state index < -0.39 is 28.4 Å². The van der Waals surface area contributed by atoms with Crippen LogP contribution < -0.4 is 0 Å². The second-order valence-corrected chi connectivity index (χ2v) is 9.14. The number of hydrogen-bond donors (Lipinski definition) is 0. The summed E-state index contributed by atoms with van der Waals surface area (Å²) in [5.41, 5.74) is -0.0713. The van der Waals surface area contributed by atoms with Crippen LogP contribution in [0.25, 0.3) is 0 Å². The first kappa shape index (κ1) is 21.0. The topological polar surface area (TPSA) is 63.7 Å². The maximum Gasteiger partial charge on any atom is 0.340 e. The minimum absolute atomic E-state index is 0.0327. The molecule has 0 amide bonds. The standard InChI is InChI=1S/C19H18Cl2FNO4S/c20-16-5-4-6-18(22)15(16)12-27-19(24)14-11-13(7-8-17(14)21)28(25,26)23-9-2-1-3-10-23/h4-8,11H,1-3,9-10,12H2. The molecule has 0 atom stereocenters. The third-order valence-corrected chi connectivity index (χ3v) is 7.10. The van der Waals surface area contributed by atoms with Gasteiger partial charge in [0.05, 0.1) is 20.5 Å². The van der Waals surface area contributed by atoms with Gasteiger partial charge < -0.3 is 4.74 Å². The fourth-order valence-electron chi connectivity index (χ4n) is 2.96. The van der Waals surface area contributed by atoms with Gasteiger partial charge in [-0.3, -0.25) is 0 Å². The smallest absolute Gasteiger partial charge is 0.340 e. The number of benzene rings is 2. The Morgan fingerprint density at radius 3 is 2.46 bits per heavy atom. The van der Waals surface area contributed by atoms with Crippen LogP contribution in [0.5, 0.6) is 0 Å². The molecule has 3 rings (SSSR count). The highest BCUT2D eigenvalue weighted by molar-refractivity contribution is 7.89. The van der Waals surface area contributed by atoms with Crippen LogP contribution in [-0.4, -0.2) is 31.8 Å². The molecule has 1 heterocycles. The molecule has 1 aliphatic rings. The summed E-state index contributed by atoms with van der Waals surface area (Å²) < 4.78 is 45.9. The first-order chi connectivity index (χ1) is 13.3. The molecular weight excluding hydrogens is 428 g/mol. The van der Waals surface area contributed by atoms with E-state index >= 15 is 0 Å². The summed E-state index contributed by atoms with van der Waals surface area (Å²) in [6.07, 6.45) is 2.58. The van der Waals surface area contributed by atoms with Crippen molar-refractivity contribution < 1.29 is 22.3 Å². The number of nitrogens with zero attached hydrogens (tertiary/aromatic N) is 1. The predicted octanol–water partition coefficient (Wildman–Crippen LogP) is 4.66. The maximum atomic E-state index is 13.8. The molecule has 0 aliphatic carbocycles. The van der Waals surface area contributed by atoms with Gasteiger partial charge in [-0.1, -0.05) is 35.7 Å². The number of esters is 1. The normalized spacial score (nSPS) is 15.4. The third kappa shape index (κ3) is 4.49. The van der Waals surface area contributed by atoms with Gasteiger partial charge in [0.25, 0.3) is 0 Å². The van der Waals surface area contributed by atoms with Gasteiger partial charge in [0.2, 0.25) is 10.0 Å². The van der Waals surface area contributed by atoms with Crippen LogP contribution in [0.1, 0.15) is 35.2 Å². The van der Waals surface area contributed by atoms with Crippen molar-refractivity contribution in [2.24, 2.45) is 0 Å². The number of piperidine rings is 1. The Morgan fingerprint density at radius 1 is 1.07 bits per heavy atom. The average molecular weight is 446 g/mol. The van der Waals surface area contributed by atoms with Crippen LogP contribution in [-0.2, 0) is 21.4 Å². The van der Waals surface area contributed by atoms with Crippen molar-refractivity contribution in [2.75, 3.05) is 13.1 Å². The summed E-state index contributed by atoms with van der Waals surface area (Å²) >= 11 is 12.0. The van der Waals surface area contributed by atoms with Crippen LogP contribution in [0, 0.1) is 5.82 Å². The third-order valence-electron chi connectivity index (χ3n) is 4.52. The van der Waals surface area contributed by atoms with Crippen molar-refractivity contribution >= 4 is 39.2 Å². The Labute approximate surface area is 173 Å². The van der Waals surface area contributed by atoms with E-state index in [0.717, 1.165) is 19.3 Å². The van der Waals surface area contributed by atoms with E-state index in [2.05, 4.69) is 0 Å². The SMILES string of the molecule is O=C(OCc1c(F)cccc1Cl)c1cc(S(=O)(=O)N2CCCCC2)ccc1Cl. The zero-order chi connectivity index (χ0) is 20.3. The van der Waals surface area contributed by atoms with Crippen LogP contribution >= 0.6 is 23.2 Å². The highest BCUT2D eigenvalue weighted by Gasteiger charge is 2.27. The second-order valence-electron chi connectivity index (χ2n) is 6.38. The van der Waals surface area contributed by atoms with Gasteiger partial charge in [-0.05, 0) is 43.2 Å². The molecule has 0 radical (unpaired) electrons. The Morgan fingerprint density at radius 2 is 1.79 bits per heavy atom. The van der Waals surface area contributed by atoms with E-state index in [0.29, 0.717) is 13.1 Å². The molecule has 1 fully saturated rings. The molecule has 0 saturated carbocycles. The monoisotopic (exact) mass is 445 g/mol. The highest BCUT2D eigenvalue weighted by atomic mass is 35.5. The first-order valence-electron chi connectivity index (χ1n) is 8.70. The molecule has 0 unspecified atom stereocenters. The number of rotatable bonds is 5. The number of sulfonamides is 1. The fourth-order valence-corrected chi connectivity index (χ4v) is 4.92. The van der Waals surface area contributed by atoms with E-state index in [1.165, 1.54) is 40.7 Å². The molecule has 0 N–H and O–H groups in total. The van der Waals surface area contributed by atoms with Gasteiger partial charge in [-0.2, -0.15) is 4.31 Å². The number of halogens is 3. The summed E-state index contributed by atoms with van der Waals surface area (Å²) in [6.45, 7) is 0.483. The average Bonchev–Trinajstić information content (AvgIpc) is 2.68. The van der Waals surface area contributed by atoms with Gasteiger partial charge >= 0.3 is 5.97 Å². The molecule has 1 saturated heterocycles. The van der Waals surface area contributed by atoms with Crippen molar-refractivity contribution in [2.45, 2.75) is 30.8 Å². The van der Waals surface area contributed by atoms with Crippen LogP contribution in [0.15, 0.2) is 41.3 Å². The Bertz CT molecular complexity index is 971. The van der Waals surface area contributed by atoms with Crippen molar-refractivity contribution in [3.63, 3.8) is 0 Å². The lowest BCUT2D eigenvalue weighted by molar-refractivity contribution is 0.0469. The molecule has 150 valence electrons. The Hall–Kier alpha value is -1.67. The Balaban J connectivity index is 1.82. The van der Waals surface area contributed by atoms with Gasteiger partial charge in [0.15, 0.2) is 0 Å². The molecule has 0 spiro atoms. The van der Waals surface area contributed by atoms with Gasteiger partial charge in [0, 0.05) is 18.7 Å². The number of carbonyl (C=O) groups excluding carboxylic acids is 1. The molecule has 5 nitrogen and oxygen atoms in total. The first-order valence-corrected chi connectivity index (χ1v) is 10.9.